The summed E-state index contributed by atoms with van der Waals surface area (Å²) in [7, 11) is 0. The number of benzene rings is 1. The largest absolute Gasteiger partial charge is 0.484 e. The highest BCUT2D eigenvalue weighted by Gasteiger charge is 2.31. The number of aromatic nitrogens is 2. The fraction of sp³-hybridized carbons (Fsp3) is 0.316. The number of hydrogen-bond acceptors (Lipinski definition) is 6. The van der Waals surface area contributed by atoms with Crippen molar-refractivity contribution in [3.63, 3.8) is 0 Å². The average Bonchev–Trinajstić information content (AvgIpc) is 3.38. The molecule has 4 rings (SSSR count). The Kier molecular flexibility index (Phi) is 5.15. The molecular weight excluding hydrogens is 369 g/mol. The van der Waals surface area contributed by atoms with Crippen molar-refractivity contribution >= 4 is 17.2 Å². The summed E-state index contributed by atoms with van der Waals surface area (Å²) in [4.78, 5) is 23.4. The van der Waals surface area contributed by atoms with E-state index in [1.165, 1.54) is 18.4 Å². The molecule has 1 aromatic carbocycles. The summed E-state index contributed by atoms with van der Waals surface area (Å²) < 4.78 is 24.0. The Labute approximate surface area is 159 Å². The smallest absolute Gasteiger partial charge is 0.276 e. The van der Waals surface area contributed by atoms with Crippen LogP contribution in [-0.4, -0.2) is 27.3 Å². The van der Waals surface area contributed by atoms with E-state index in [1.54, 1.807) is 29.7 Å². The second-order valence-electron chi connectivity index (χ2n) is 6.25. The number of rotatable bonds is 5. The van der Waals surface area contributed by atoms with E-state index in [4.69, 9.17) is 9.15 Å². The number of likely N-dealkylation sites (tertiary alicyclic amines) is 1. The van der Waals surface area contributed by atoms with Gasteiger partial charge in [0.25, 0.3) is 5.91 Å². The minimum atomic E-state index is -0.380. The van der Waals surface area contributed by atoms with Crippen LogP contribution in [0.1, 0.15) is 46.7 Å². The van der Waals surface area contributed by atoms with E-state index >= 15 is 0 Å². The van der Waals surface area contributed by atoms with E-state index in [1.807, 2.05) is 10.3 Å². The summed E-state index contributed by atoms with van der Waals surface area (Å²) in [6.45, 7) is 0.692. The van der Waals surface area contributed by atoms with Crippen LogP contribution in [0, 0.1) is 5.82 Å². The first-order chi connectivity index (χ1) is 13.2. The molecule has 1 amide bonds. The first kappa shape index (κ1) is 17.7. The first-order valence-corrected chi connectivity index (χ1v) is 9.62. The lowest BCUT2D eigenvalue weighted by atomic mass is 10.0. The summed E-state index contributed by atoms with van der Waals surface area (Å²) in [5.74, 6) is 0.0936. The van der Waals surface area contributed by atoms with Crippen molar-refractivity contribution in [1.82, 2.24) is 14.9 Å². The molecule has 140 valence electrons. The van der Waals surface area contributed by atoms with Gasteiger partial charge in [0.05, 0.1) is 6.04 Å². The maximum Gasteiger partial charge on any atom is 0.276 e. The second-order valence-corrected chi connectivity index (χ2v) is 7.18. The molecule has 27 heavy (non-hydrogen) atoms. The van der Waals surface area contributed by atoms with Gasteiger partial charge in [-0.3, -0.25) is 4.79 Å². The maximum absolute atomic E-state index is 13.2. The summed E-state index contributed by atoms with van der Waals surface area (Å²) in [5.41, 5.74) is 0.247. The van der Waals surface area contributed by atoms with Gasteiger partial charge in [0.1, 0.15) is 22.8 Å². The zero-order valence-corrected chi connectivity index (χ0v) is 15.3. The van der Waals surface area contributed by atoms with Gasteiger partial charge in [0.2, 0.25) is 5.89 Å². The van der Waals surface area contributed by atoms with Crippen LogP contribution in [0.5, 0.6) is 5.75 Å². The standard InChI is InChI=1S/C19H18FN3O3S/c20-13-4-3-5-14(10-13)25-12-17-22-15(11-26-17)19(24)23-8-2-1-6-16(23)18-21-7-9-27-18/h3-5,7,9-11,16H,1-2,6,8,12H2/t16-/m0/s1. The highest BCUT2D eigenvalue weighted by Crippen LogP contribution is 2.33. The van der Waals surface area contributed by atoms with Crippen molar-refractivity contribution in [2.24, 2.45) is 0 Å². The molecule has 1 fully saturated rings. The molecule has 1 saturated heterocycles. The molecule has 0 spiro atoms. The number of thiazole rings is 1. The predicted molar refractivity (Wildman–Crippen MR) is 97.0 cm³/mol. The number of ether oxygens (including phenoxy) is 1. The SMILES string of the molecule is O=C(c1coc(COc2cccc(F)c2)n1)N1CCCC[C@H]1c1nccs1. The molecule has 6 nitrogen and oxygen atoms in total. The molecular formula is C19H18FN3O3S. The summed E-state index contributed by atoms with van der Waals surface area (Å²) in [6.07, 6.45) is 6.03. The minimum Gasteiger partial charge on any atom is -0.484 e. The zero-order valence-electron chi connectivity index (χ0n) is 14.5. The molecule has 1 atom stereocenters. The highest BCUT2D eigenvalue weighted by molar-refractivity contribution is 7.09. The van der Waals surface area contributed by atoms with Crippen molar-refractivity contribution in [1.29, 1.82) is 0 Å². The fourth-order valence-corrected chi connectivity index (χ4v) is 3.94. The molecule has 0 N–H and O–H groups in total. The molecule has 0 saturated carbocycles. The van der Waals surface area contributed by atoms with Crippen LogP contribution in [0.4, 0.5) is 4.39 Å². The molecule has 0 unspecified atom stereocenters. The Hall–Kier alpha value is -2.74. The van der Waals surface area contributed by atoms with Gasteiger partial charge < -0.3 is 14.1 Å². The molecule has 8 heteroatoms. The molecule has 0 radical (unpaired) electrons. The second kappa shape index (κ2) is 7.87. The predicted octanol–water partition coefficient (Wildman–Crippen LogP) is 4.22. The van der Waals surface area contributed by atoms with Gasteiger partial charge in [0.15, 0.2) is 12.3 Å². The van der Waals surface area contributed by atoms with Crippen LogP contribution < -0.4 is 4.74 Å². The van der Waals surface area contributed by atoms with Gasteiger partial charge in [-0.2, -0.15) is 0 Å². The van der Waals surface area contributed by atoms with Crippen LogP contribution in [0.2, 0.25) is 0 Å². The third-order valence-corrected chi connectivity index (χ3v) is 5.31. The lowest BCUT2D eigenvalue weighted by Gasteiger charge is -2.33. The quantitative estimate of drug-likeness (QED) is 0.656. The number of hydrogen-bond donors (Lipinski definition) is 0. The number of carbonyl (C=O) groups is 1. The Bertz CT molecular complexity index is 913. The van der Waals surface area contributed by atoms with E-state index in [0.29, 0.717) is 12.3 Å². The van der Waals surface area contributed by atoms with E-state index in [-0.39, 0.29) is 36.0 Å². The van der Waals surface area contributed by atoms with Crippen molar-refractivity contribution in [3.05, 3.63) is 64.5 Å². The lowest BCUT2D eigenvalue weighted by molar-refractivity contribution is 0.0605. The van der Waals surface area contributed by atoms with E-state index < -0.39 is 0 Å². The van der Waals surface area contributed by atoms with Crippen LogP contribution in [-0.2, 0) is 6.61 Å². The molecule has 3 heterocycles. The van der Waals surface area contributed by atoms with Crippen molar-refractivity contribution in [2.45, 2.75) is 31.9 Å². The zero-order chi connectivity index (χ0) is 18.6. The monoisotopic (exact) mass is 387 g/mol. The Morgan fingerprint density at radius 2 is 2.33 bits per heavy atom. The molecule has 3 aromatic rings. The van der Waals surface area contributed by atoms with E-state index in [0.717, 1.165) is 24.3 Å². The Balaban J connectivity index is 1.44. The summed E-state index contributed by atoms with van der Waals surface area (Å²) >= 11 is 1.56. The number of nitrogens with zero attached hydrogens (tertiary/aromatic N) is 3. The minimum absolute atomic E-state index is 0.0186. The van der Waals surface area contributed by atoms with Crippen LogP contribution in [0.15, 0.2) is 46.5 Å². The van der Waals surface area contributed by atoms with Gasteiger partial charge in [-0.1, -0.05) is 6.07 Å². The number of carbonyl (C=O) groups excluding carboxylic acids is 1. The van der Waals surface area contributed by atoms with Gasteiger partial charge in [0, 0.05) is 24.2 Å². The maximum atomic E-state index is 13.2. The molecule has 1 aliphatic heterocycles. The molecule has 0 bridgehead atoms. The van der Waals surface area contributed by atoms with Crippen LogP contribution >= 0.6 is 11.3 Å². The Morgan fingerprint density at radius 1 is 1.41 bits per heavy atom. The number of amides is 1. The molecule has 1 aliphatic rings. The van der Waals surface area contributed by atoms with Crippen LogP contribution in [0.3, 0.4) is 0 Å². The topological polar surface area (TPSA) is 68.5 Å². The number of halogens is 1. The number of piperidine rings is 1. The van der Waals surface area contributed by atoms with Gasteiger partial charge in [-0.05, 0) is 31.4 Å². The third kappa shape index (κ3) is 4.00. The normalized spacial score (nSPS) is 17.1. The van der Waals surface area contributed by atoms with Gasteiger partial charge >= 0.3 is 0 Å². The highest BCUT2D eigenvalue weighted by atomic mass is 32.1. The molecule has 2 aromatic heterocycles. The third-order valence-electron chi connectivity index (χ3n) is 4.43. The molecule has 0 aliphatic carbocycles. The van der Waals surface area contributed by atoms with Gasteiger partial charge in [-0.25, -0.2) is 14.4 Å². The number of oxazole rings is 1. The van der Waals surface area contributed by atoms with Gasteiger partial charge in [-0.15, -0.1) is 11.3 Å². The lowest BCUT2D eigenvalue weighted by Crippen LogP contribution is -2.38. The van der Waals surface area contributed by atoms with Crippen molar-refractivity contribution in [3.8, 4) is 5.75 Å². The Morgan fingerprint density at radius 3 is 3.15 bits per heavy atom. The van der Waals surface area contributed by atoms with Crippen LogP contribution in [0.25, 0.3) is 0 Å². The average molecular weight is 387 g/mol. The summed E-state index contributed by atoms with van der Waals surface area (Å²) in [5, 5.41) is 2.87. The summed E-state index contributed by atoms with van der Waals surface area (Å²) in [6, 6.07) is 5.80. The first-order valence-electron chi connectivity index (χ1n) is 8.74. The fourth-order valence-electron chi connectivity index (χ4n) is 3.15. The van der Waals surface area contributed by atoms with E-state index in [9.17, 15) is 9.18 Å². The van der Waals surface area contributed by atoms with Crippen molar-refractivity contribution < 1.29 is 18.3 Å². The van der Waals surface area contributed by atoms with Crippen molar-refractivity contribution in [2.75, 3.05) is 6.54 Å². The van der Waals surface area contributed by atoms with E-state index in [2.05, 4.69) is 9.97 Å².